The molecule has 0 unspecified atom stereocenters. The second kappa shape index (κ2) is 11.1. The van der Waals surface area contributed by atoms with Gasteiger partial charge in [0, 0.05) is 17.7 Å². The van der Waals surface area contributed by atoms with E-state index in [-0.39, 0.29) is 12.5 Å². The van der Waals surface area contributed by atoms with Gasteiger partial charge in [-0.05, 0) is 59.2 Å². The molecule has 5 heteroatoms. The predicted octanol–water partition coefficient (Wildman–Crippen LogP) is 5.88. The van der Waals surface area contributed by atoms with Crippen molar-refractivity contribution in [3.05, 3.63) is 114 Å². The molecule has 0 aromatic heterocycles. The average molecular weight is 454 g/mol. The zero-order valence-electron chi connectivity index (χ0n) is 19.3. The van der Waals surface area contributed by atoms with E-state index in [9.17, 15) is 4.79 Å². The van der Waals surface area contributed by atoms with Crippen LogP contribution in [0, 0.1) is 0 Å². The molecule has 1 N–H and O–H groups in total. The van der Waals surface area contributed by atoms with Gasteiger partial charge in [0.1, 0.15) is 23.9 Å². The number of hydrogen-bond acceptors (Lipinski definition) is 4. The summed E-state index contributed by atoms with van der Waals surface area (Å²) in [5, 5.41) is 2.95. The number of carbonyl (C=O) groups excluding carboxylic acids is 1. The van der Waals surface area contributed by atoms with E-state index in [1.165, 1.54) is 0 Å². The molecule has 0 aliphatic carbocycles. The quantitative estimate of drug-likeness (QED) is 0.344. The fourth-order valence-electron chi connectivity index (χ4n) is 3.60. The van der Waals surface area contributed by atoms with Crippen molar-refractivity contribution in [2.75, 3.05) is 14.2 Å². The lowest BCUT2D eigenvalue weighted by Gasteiger charge is -2.13. The van der Waals surface area contributed by atoms with Gasteiger partial charge in [-0.15, -0.1) is 0 Å². The number of amides is 1. The van der Waals surface area contributed by atoms with Gasteiger partial charge >= 0.3 is 0 Å². The van der Waals surface area contributed by atoms with Crippen LogP contribution in [0.2, 0.25) is 0 Å². The monoisotopic (exact) mass is 453 g/mol. The fraction of sp³-hybridized carbons (Fsp3) is 0.138. The largest absolute Gasteiger partial charge is 0.497 e. The molecule has 0 bridgehead atoms. The molecule has 4 aromatic rings. The van der Waals surface area contributed by atoms with Crippen LogP contribution in [-0.2, 0) is 13.2 Å². The molecule has 0 saturated heterocycles. The Kier molecular flexibility index (Phi) is 7.45. The van der Waals surface area contributed by atoms with Crippen molar-refractivity contribution in [1.82, 2.24) is 5.32 Å². The first-order valence-electron chi connectivity index (χ1n) is 11.0. The van der Waals surface area contributed by atoms with Gasteiger partial charge in [0.25, 0.3) is 5.91 Å². The first-order valence-corrected chi connectivity index (χ1v) is 11.0. The Morgan fingerprint density at radius 1 is 0.735 bits per heavy atom. The maximum atomic E-state index is 12.7. The third kappa shape index (κ3) is 5.75. The number of ether oxygens (including phenoxy) is 3. The molecule has 0 saturated carbocycles. The van der Waals surface area contributed by atoms with E-state index in [1.54, 1.807) is 32.4 Å². The molecule has 34 heavy (non-hydrogen) atoms. The van der Waals surface area contributed by atoms with Gasteiger partial charge < -0.3 is 19.5 Å². The van der Waals surface area contributed by atoms with Gasteiger partial charge in [0.15, 0.2) is 0 Å². The van der Waals surface area contributed by atoms with Crippen LogP contribution in [-0.4, -0.2) is 20.1 Å². The van der Waals surface area contributed by atoms with Crippen molar-refractivity contribution in [3.63, 3.8) is 0 Å². The number of carbonyl (C=O) groups is 1. The zero-order chi connectivity index (χ0) is 23.8. The smallest absolute Gasteiger partial charge is 0.251 e. The Hall–Kier alpha value is -4.25. The van der Waals surface area contributed by atoms with Gasteiger partial charge in [0.2, 0.25) is 0 Å². The molecule has 4 rings (SSSR count). The standard InChI is InChI=1S/C29H27NO4/c1-32-26-13-8-21(9-14-26)19-30-29(31)24-12-17-28(33-2)25(18-24)20-34-27-15-10-23(11-16-27)22-6-4-3-5-7-22/h3-18H,19-20H2,1-2H3,(H,30,31). The second-order valence-electron chi connectivity index (χ2n) is 7.74. The maximum absolute atomic E-state index is 12.7. The third-order valence-corrected chi connectivity index (χ3v) is 5.51. The summed E-state index contributed by atoms with van der Waals surface area (Å²) in [6, 6.07) is 31.1. The summed E-state index contributed by atoms with van der Waals surface area (Å²) < 4.78 is 16.6. The van der Waals surface area contributed by atoms with Gasteiger partial charge in [-0.25, -0.2) is 0 Å². The molecular weight excluding hydrogens is 426 g/mol. The summed E-state index contributed by atoms with van der Waals surface area (Å²) in [5.41, 5.74) is 4.62. The summed E-state index contributed by atoms with van der Waals surface area (Å²) >= 11 is 0. The minimum absolute atomic E-state index is 0.160. The van der Waals surface area contributed by atoms with Crippen LogP contribution in [0.15, 0.2) is 97.1 Å². The summed E-state index contributed by atoms with van der Waals surface area (Å²) in [5.74, 6) is 2.04. The van der Waals surface area contributed by atoms with Crippen molar-refractivity contribution >= 4 is 5.91 Å². The highest BCUT2D eigenvalue weighted by Gasteiger charge is 2.11. The Morgan fingerprint density at radius 2 is 1.41 bits per heavy atom. The number of hydrogen-bond donors (Lipinski definition) is 1. The van der Waals surface area contributed by atoms with E-state index < -0.39 is 0 Å². The molecule has 0 radical (unpaired) electrons. The van der Waals surface area contributed by atoms with Crippen LogP contribution in [0.1, 0.15) is 21.5 Å². The van der Waals surface area contributed by atoms with Crippen molar-refractivity contribution in [2.24, 2.45) is 0 Å². The van der Waals surface area contributed by atoms with Crippen molar-refractivity contribution in [1.29, 1.82) is 0 Å². The van der Waals surface area contributed by atoms with E-state index in [1.807, 2.05) is 66.7 Å². The molecule has 5 nitrogen and oxygen atoms in total. The number of rotatable bonds is 9. The van der Waals surface area contributed by atoms with Crippen molar-refractivity contribution < 1.29 is 19.0 Å². The molecule has 0 spiro atoms. The van der Waals surface area contributed by atoms with E-state index in [2.05, 4.69) is 17.4 Å². The lowest BCUT2D eigenvalue weighted by Crippen LogP contribution is -2.23. The Bertz CT molecular complexity index is 1220. The maximum Gasteiger partial charge on any atom is 0.251 e. The molecule has 0 atom stereocenters. The highest BCUT2D eigenvalue weighted by Crippen LogP contribution is 2.25. The molecule has 0 aliphatic rings. The van der Waals surface area contributed by atoms with Crippen LogP contribution < -0.4 is 19.5 Å². The summed E-state index contributed by atoms with van der Waals surface area (Å²) in [6.07, 6.45) is 0. The van der Waals surface area contributed by atoms with Gasteiger partial charge in [-0.1, -0.05) is 54.6 Å². The summed E-state index contributed by atoms with van der Waals surface area (Å²) in [7, 11) is 3.23. The minimum Gasteiger partial charge on any atom is -0.497 e. The Morgan fingerprint density at radius 3 is 2.09 bits per heavy atom. The van der Waals surface area contributed by atoms with E-state index in [0.29, 0.717) is 17.9 Å². The lowest BCUT2D eigenvalue weighted by atomic mass is 10.1. The molecule has 1 amide bonds. The van der Waals surface area contributed by atoms with Crippen LogP contribution in [0.3, 0.4) is 0 Å². The van der Waals surface area contributed by atoms with E-state index in [0.717, 1.165) is 33.8 Å². The predicted molar refractivity (Wildman–Crippen MR) is 133 cm³/mol. The van der Waals surface area contributed by atoms with E-state index in [4.69, 9.17) is 14.2 Å². The topological polar surface area (TPSA) is 56.8 Å². The fourth-order valence-corrected chi connectivity index (χ4v) is 3.60. The molecule has 0 heterocycles. The first-order chi connectivity index (χ1) is 16.7. The SMILES string of the molecule is COc1ccc(CNC(=O)c2ccc(OC)c(COc3ccc(-c4ccccc4)cc3)c2)cc1. The first kappa shape index (κ1) is 22.9. The molecule has 4 aromatic carbocycles. The van der Waals surface area contributed by atoms with Crippen molar-refractivity contribution in [2.45, 2.75) is 13.2 Å². The number of benzene rings is 4. The van der Waals surface area contributed by atoms with Crippen LogP contribution >= 0.6 is 0 Å². The van der Waals surface area contributed by atoms with E-state index >= 15 is 0 Å². The average Bonchev–Trinajstić information content (AvgIpc) is 2.91. The lowest BCUT2D eigenvalue weighted by molar-refractivity contribution is 0.0950. The minimum atomic E-state index is -0.160. The molecular formula is C29H27NO4. The molecule has 0 fully saturated rings. The van der Waals surface area contributed by atoms with Crippen LogP contribution in [0.5, 0.6) is 17.2 Å². The van der Waals surface area contributed by atoms with Crippen LogP contribution in [0.25, 0.3) is 11.1 Å². The van der Waals surface area contributed by atoms with Gasteiger partial charge in [-0.2, -0.15) is 0 Å². The zero-order valence-corrected chi connectivity index (χ0v) is 19.3. The normalized spacial score (nSPS) is 10.4. The highest BCUT2D eigenvalue weighted by atomic mass is 16.5. The third-order valence-electron chi connectivity index (χ3n) is 5.51. The molecule has 0 aliphatic heterocycles. The van der Waals surface area contributed by atoms with Gasteiger partial charge in [-0.3, -0.25) is 4.79 Å². The highest BCUT2D eigenvalue weighted by molar-refractivity contribution is 5.94. The summed E-state index contributed by atoms with van der Waals surface area (Å²) in [6.45, 7) is 0.710. The molecule has 172 valence electrons. The second-order valence-corrected chi connectivity index (χ2v) is 7.74. The van der Waals surface area contributed by atoms with Crippen LogP contribution in [0.4, 0.5) is 0 Å². The summed E-state index contributed by atoms with van der Waals surface area (Å²) in [4.78, 5) is 12.7. The van der Waals surface area contributed by atoms with Gasteiger partial charge in [0.05, 0.1) is 14.2 Å². The van der Waals surface area contributed by atoms with Crippen molar-refractivity contribution in [3.8, 4) is 28.4 Å². The Labute approximate surface area is 199 Å². The number of methoxy groups -OCH3 is 2. The number of nitrogens with one attached hydrogen (secondary N) is 1. The Balaban J connectivity index is 1.40.